The summed E-state index contributed by atoms with van der Waals surface area (Å²) in [5.41, 5.74) is 11.9. The monoisotopic (exact) mass is 410 g/mol. The molecule has 3 heterocycles. The molecule has 7 nitrogen and oxygen atoms in total. The second-order valence-corrected chi connectivity index (χ2v) is 7.22. The van der Waals surface area contributed by atoms with E-state index in [1.165, 1.54) is 6.33 Å². The number of hydrogen-bond acceptors (Lipinski definition) is 6. The van der Waals surface area contributed by atoms with Crippen LogP contribution in [-0.2, 0) is 6.54 Å². The molecule has 0 atom stereocenters. The average Bonchev–Trinajstić information content (AvgIpc) is 3.11. The summed E-state index contributed by atoms with van der Waals surface area (Å²) in [6, 6.07) is 14.1. The smallest absolute Gasteiger partial charge is 0.146 e. The van der Waals surface area contributed by atoms with Crippen molar-refractivity contribution in [3.8, 4) is 17.2 Å². The molecule has 0 aliphatic carbocycles. The van der Waals surface area contributed by atoms with E-state index >= 15 is 0 Å². The number of nitrogen functional groups attached to an aromatic ring is 1. The van der Waals surface area contributed by atoms with Gasteiger partial charge in [-0.3, -0.25) is 4.98 Å². The minimum atomic E-state index is 0.0387. The number of nitrogens with two attached hydrogens (primary N) is 1. The van der Waals surface area contributed by atoms with E-state index in [0.717, 1.165) is 33.3 Å². The number of fused-ring (bicyclic) bond motifs is 1. The molecule has 0 radical (unpaired) electrons. The van der Waals surface area contributed by atoms with Crippen LogP contribution in [0.15, 0.2) is 55.1 Å². The lowest BCUT2D eigenvalue weighted by Gasteiger charge is -2.10. The van der Waals surface area contributed by atoms with Crippen LogP contribution in [0.3, 0.4) is 0 Å². The molecule has 0 aliphatic rings. The van der Waals surface area contributed by atoms with Gasteiger partial charge >= 0.3 is 0 Å². The standard InChI is InChI=1S/C24H22N6O/c1-16-5-7-17(8-6-16)21-20(12-19(13-25)18-4-2-9-27-14-18)30(10-3-11-31)24-22(21)23(26)28-15-29-24/h2,4-9,12,14-15,31H,3,10-11H2,1H3,(H2,26,28,29)/b19-12+. The lowest BCUT2D eigenvalue weighted by Crippen LogP contribution is -2.04. The molecule has 154 valence electrons. The minimum absolute atomic E-state index is 0.0387. The van der Waals surface area contributed by atoms with Crippen molar-refractivity contribution in [3.63, 3.8) is 0 Å². The molecule has 1 aromatic carbocycles. The van der Waals surface area contributed by atoms with E-state index in [0.29, 0.717) is 30.0 Å². The van der Waals surface area contributed by atoms with Gasteiger partial charge in [-0.1, -0.05) is 35.9 Å². The van der Waals surface area contributed by atoms with Gasteiger partial charge in [0, 0.05) is 36.7 Å². The highest BCUT2D eigenvalue weighted by molar-refractivity contribution is 6.06. The maximum absolute atomic E-state index is 9.89. The molecular weight excluding hydrogens is 388 g/mol. The Bertz CT molecular complexity index is 1280. The number of aliphatic hydroxyl groups excluding tert-OH is 1. The average molecular weight is 410 g/mol. The highest BCUT2D eigenvalue weighted by atomic mass is 16.3. The number of rotatable bonds is 6. The van der Waals surface area contributed by atoms with Crippen molar-refractivity contribution in [2.24, 2.45) is 0 Å². The predicted octanol–water partition coefficient (Wildman–Crippen LogP) is 3.83. The van der Waals surface area contributed by atoms with Gasteiger partial charge in [0.15, 0.2) is 0 Å². The molecule has 31 heavy (non-hydrogen) atoms. The van der Waals surface area contributed by atoms with Crippen LogP contribution < -0.4 is 5.73 Å². The summed E-state index contributed by atoms with van der Waals surface area (Å²) in [7, 11) is 0. The van der Waals surface area contributed by atoms with Crippen LogP contribution in [0.5, 0.6) is 0 Å². The van der Waals surface area contributed by atoms with Gasteiger partial charge in [0.25, 0.3) is 0 Å². The highest BCUT2D eigenvalue weighted by Crippen LogP contribution is 2.38. The number of aromatic nitrogens is 4. The molecule has 0 spiro atoms. The zero-order valence-corrected chi connectivity index (χ0v) is 17.2. The third-order valence-electron chi connectivity index (χ3n) is 5.16. The quantitative estimate of drug-likeness (QED) is 0.467. The fourth-order valence-electron chi connectivity index (χ4n) is 3.67. The number of pyridine rings is 1. The first-order chi connectivity index (χ1) is 15.1. The number of nitriles is 1. The van der Waals surface area contributed by atoms with Crippen LogP contribution in [0, 0.1) is 18.3 Å². The molecule has 0 fully saturated rings. The molecule has 3 N–H and O–H groups in total. The molecular formula is C24H22N6O. The van der Waals surface area contributed by atoms with Crippen molar-refractivity contribution in [2.45, 2.75) is 19.9 Å². The Balaban J connectivity index is 2.07. The van der Waals surface area contributed by atoms with Crippen molar-refractivity contribution < 1.29 is 5.11 Å². The van der Waals surface area contributed by atoms with Crippen molar-refractivity contribution in [2.75, 3.05) is 12.3 Å². The van der Waals surface area contributed by atoms with E-state index in [9.17, 15) is 10.4 Å². The van der Waals surface area contributed by atoms with E-state index in [-0.39, 0.29) is 6.61 Å². The Kier molecular flexibility index (Phi) is 5.74. The molecule has 0 aliphatic heterocycles. The van der Waals surface area contributed by atoms with Gasteiger partial charge in [-0.2, -0.15) is 5.26 Å². The van der Waals surface area contributed by atoms with Crippen molar-refractivity contribution >= 4 is 28.5 Å². The van der Waals surface area contributed by atoms with Crippen molar-refractivity contribution in [3.05, 3.63) is 71.9 Å². The summed E-state index contributed by atoms with van der Waals surface area (Å²) >= 11 is 0. The zero-order valence-electron chi connectivity index (χ0n) is 17.2. The molecule has 0 bridgehead atoms. The van der Waals surface area contributed by atoms with Gasteiger partial charge < -0.3 is 15.4 Å². The molecule has 7 heteroatoms. The predicted molar refractivity (Wildman–Crippen MR) is 122 cm³/mol. The van der Waals surface area contributed by atoms with Crippen LogP contribution in [0.25, 0.3) is 33.8 Å². The molecule has 4 aromatic rings. The number of hydrogen-bond donors (Lipinski definition) is 2. The van der Waals surface area contributed by atoms with Gasteiger partial charge in [0.2, 0.25) is 0 Å². The third-order valence-corrected chi connectivity index (χ3v) is 5.16. The van der Waals surface area contributed by atoms with Gasteiger partial charge in [-0.05, 0) is 31.1 Å². The SMILES string of the molecule is Cc1ccc(-c2c(/C=C(\C#N)c3cccnc3)n(CCCO)c3ncnc(N)c23)cc1. The van der Waals surface area contributed by atoms with Crippen LogP contribution in [0.1, 0.15) is 23.2 Å². The number of benzene rings is 1. The second-order valence-electron chi connectivity index (χ2n) is 7.22. The Hall–Kier alpha value is -4.02. The number of aryl methyl sites for hydroxylation is 2. The lowest BCUT2D eigenvalue weighted by atomic mass is 9.99. The molecule has 0 saturated carbocycles. The Morgan fingerprint density at radius 3 is 2.71 bits per heavy atom. The first-order valence-corrected chi connectivity index (χ1v) is 9.96. The Morgan fingerprint density at radius 1 is 1.23 bits per heavy atom. The maximum Gasteiger partial charge on any atom is 0.146 e. The van der Waals surface area contributed by atoms with Gasteiger partial charge in [0.1, 0.15) is 17.8 Å². The van der Waals surface area contributed by atoms with Crippen LogP contribution >= 0.6 is 0 Å². The number of nitrogens with zero attached hydrogens (tertiary/aromatic N) is 5. The topological polar surface area (TPSA) is 114 Å². The minimum Gasteiger partial charge on any atom is -0.396 e. The Morgan fingerprint density at radius 2 is 2.03 bits per heavy atom. The number of anilines is 1. The fourth-order valence-corrected chi connectivity index (χ4v) is 3.67. The highest BCUT2D eigenvalue weighted by Gasteiger charge is 2.21. The summed E-state index contributed by atoms with van der Waals surface area (Å²) < 4.78 is 1.99. The number of aliphatic hydroxyl groups is 1. The molecule has 4 rings (SSSR count). The first-order valence-electron chi connectivity index (χ1n) is 9.96. The van der Waals surface area contributed by atoms with E-state index < -0.39 is 0 Å². The summed E-state index contributed by atoms with van der Waals surface area (Å²) in [6.07, 6.45) is 7.15. The van der Waals surface area contributed by atoms with E-state index in [2.05, 4.69) is 21.0 Å². The van der Waals surface area contributed by atoms with E-state index in [1.807, 2.05) is 47.9 Å². The van der Waals surface area contributed by atoms with Crippen LogP contribution in [0.2, 0.25) is 0 Å². The van der Waals surface area contributed by atoms with Crippen molar-refractivity contribution in [1.82, 2.24) is 19.5 Å². The molecule has 0 saturated heterocycles. The fraction of sp³-hybridized carbons (Fsp3) is 0.167. The maximum atomic E-state index is 9.89. The molecule has 0 unspecified atom stereocenters. The van der Waals surface area contributed by atoms with Crippen LogP contribution in [0.4, 0.5) is 5.82 Å². The lowest BCUT2D eigenvalue weighted by molar-refractivity contribution is 0.280. The second kappa shape index (κ2) is 8.78. The molecule has 0 amide bonds. The summed E-state index contributed by atoms with van der Waals surface area (Å²) in [6.45, 7) is 2.59. The zero-order chi connectivity index (χ0) is 21.8. The summed E-state index contributed by atoms with van der Waals surface area (Å²) in [5, 5.41) is 20.1. The normalized spacial score (nSPS) is 11.6. The Labute approximate surface area is 180 Å². The van der Waals surface area contributed by atoms with Gasteiger partial charge in [-0.15, -0.1) is 0 Å². The largest absolute Gasteiger partial charge is 0.396 e. The number of allylic oxidation sites excluding steroid dienone is 1. The van der Waals surface area contributed by atoms with Crippen molar-refractivity contribution in [1.29, 1.82) is 5.26 Å². The van der Waals surface area contributed by atoms with Crippen LogP contribution in [-0.4, -0.2) is 31.2 Å². The van der Waals surface area contributed by atoms with Gasteiger partial charge in [-0.25, -0.2) is 9.97 Å². The molecule has 3 aromatic heterocycles. The van der Waals surface area contributed by atoms with E-state index in [1.54, 1.807) is 18.5 Å². The third kappa shape index (κ3) is 3.89. The summed E-state index contributed by atoms with van der Waals surface area (Å²) in [5.74, 6) is 0.373. The van der Waals surface area contributed by atoms with E-state index in [4.69, 9.17) is 5.73 Å². The summed E-state index contributed by atoms with van der Waals surface area (Å²) in [4.78, 5) is 12.8. The van der Waals surface area contributed by atoms with Gasteiger partial charge in [0.05, 0.1) is 22.7 Å². The first kappa shape index (κ1) is 20.3.